The van der Waals surface area contributed by atoms with Crippen molar-refractivity contribution in [2.45, 2.75) is 24.2 Å². The maximum absolute atomic E-state index is 14.3. The summed E-state index contributed by atoms with van der Waals surface area (Å²) in [6, 6.07) is 6.17. The molecule has 0 aliphatic heterocycles. The van der Waals surface area contributed by atoms with Gasteiger partial charge < -0.3 is 5.32 Å². The Bertz CT molecular complexity index is 952. The van der Waals surface area contributed by atoms with Crippen molar-refractivity contribution in [2.75, 3.05) is 18.1 Å². The van der Waals surface area contributed by atoms with Crippen LogP contribution in [0.3, 0.4) is 0 Å². The third-order valence-corrected chi connectivity index (χ3v) is 5.29. The SMILES string of the molecule is CN=C(Nc1cc(S(=O)CC(F)(F)F)c(C)cc1F)c1ccccc1C(F)(F)F. The minimum absolute atomic E-state index is 0.0151. The van der Waals surface area contributed by atoms with Gasteiger partial charge in [0.05, 0.1) is 22.1 Å². The maximum Gasteiger partial charge on any atom is 0.417 e. The number of anilines is 1. The topological polar surface area (TPSA) is 41.5 Å². The fraction of sp³-hybridized carbons (Fsp3) is 0.278. The Morgan fingerprint density at radius 2 is 1.72 bits per heavy atom. The van der Waals surface area contributed by atoms with Gasteiger partial charge in [-0.15, -0.1) is 0 Å². The number of amidine groups is 1. The van der Waals surface area contributed by atoms with Gasteiger partial charge in [0.2, 0.25) is 0 Å². The summed E-state index contributed by atoms with van der Waals surface area (Å²) in [5.41, 5.74) is -1.83. The van der Waals surface area contributed by atoms with Crippen LogP contribution in [0.5, 0.6) is 0 Å². The number of rotatable bonds is 4. The Balaban J connectivity index is 2.46. The number of alkyl halides is 6. The van der Waals surface area contributed by atoms with Crippen molar-refractivity contribution in [3.8, 4) is 0 Å². The highest BCUT2D eigenvalue weighted by atomic mass is 32.2. The van der Waals surface area contributed by atoms with Crippen LogP contribution in [0.1, 0.15) is 16.7 Å². The van der Waals surface area contributed by atoms with Crippen molar-refractivity contribution >= 4 is 22.3 Å². The van der Waals surface area contributed by atoms with Crippen LogP contribution in [0.25, 0.3) is 0 Å². The predicted molar refractivity (Wildman–Crippen MR) is 96.0 cm³/mol. The van der Waals surface area contributed by atoms with Gasteiger partial charge in [-0.1, -0.05) is 18.2 Å². The minimum Gasteiger partial charge on any atom is -0.338 e. The Kier molecular flexibility index (Phi) is 6.71. The molecule has 0 aromatic heterocycles. The molecule has 0 saturated heterocycles. The first-order valence-corrected chi connectivity index (χ1v) is 9.31. The van der Waals surface area contributed by atoms with Crippen molar-refractivity contribution in [3.05, 3.63) is 58.9 Å². The Morgan fingerprint density at radius 1 is 1.10 bits per heavy atom. The van der Waals surface area contributed by atoms with Crippen LogP contribution in [-0.4, -0.2) is 29.0 Å². The van der Waals surface area contributed by atoms with E-state index >= 15 is 0 Å². The van der Waals surface area contributed by atoms with Gasteiger partial charge in [0.1, 0.15) is 17.4 Å². The number of benzene rings is 2. The first-order chi connectivity index (χ1) is 13.3. The molecule has 0 fully saturated rings. The van der Waals surface area contributed by atoms with Crippen LogP contribution in [0, 0.1) is 12.7 Å². The first-order valence-electron chi connectivity index (χ1n) is 7.99. The Labute approximate surface area is 164 Å². The fourth-order valence-electron chi connectivity index (χ4n) is 2.53. The van der Waals surface area contributed by atoms with Gasteiger partial charge in [0, 0.05) is 17.5 Å². The highest BCUT2D eigenvalue weighted by Gasteiger charge is 2.35. The lowest BCUT2D eigenvalue weighted by atomic mass is 10.1. The second kappa shape index (κ2) is 8.52. The van der Waals surface area contributed by atoms with E-state index in [-0.39, 0.29) is 21.9 Å². The summed E-state index contributed by atoms with van der Waals surface area (Å²) in [6.45, 7) is 1.28. The summed E-state index contributed by atoms with van der Waals surface area (Å²) in [7, 11) is -1.34. The molecule has 1 N–H and O–H groups in total. The zero-order chi connectivity index (χ0) is 22.0. The van der Waals surface area contributed by atoms with Gasteiger partial charge in [-0.25, -0.2) is 4.39 Å². The van der Waals surface area contributed by atoms with E-state index in [1.807, 2.05) is 0 Å². The molecular weight excluding hydrogens is 425 g/mol. The molecule has 11 heteroatoms. The molecule has 0 aliphatic carbocycles. The van der Waals surface area contributed by atoms with E-state index < -0.39 is 46.0 Å². The molecule has 158 valence electrons. The normalized spacial score (nSPS) is 14.0. The molecule has 0 bridgehead atoms. The minimum atomic E-state index is -4.71. The first kappa shape index (κ1) is 22.9. The number of nitrogens with zero attached hydrogens (tertiary/aromatic N) is 1. The molecule has 3 nitrogen and oxygen atoms in total. The molecule has 2 rings (SSSR count). The number of nitrogens with one attached hydrogen (secondary N) is 1. The zero-order valence-electron chi connectivity index (χ0n) is 15.1. The summed E-state index contributed by atoms with van der Waals surface area (Å²) in [6.07, 6.45) is -9.42. The standard InChI is InChI=1S/C18H15F7N2OS/c1-10-7-13(19)14(8-15(10)29(28)9-17(20,21)22)27-16(26-2)11-5-3-4-6-12(11)18(23,24)25/h3-8H,9H2,1-2H3,(H,26,27). The van der Waals surface area contributed by atoms with Crippen molar-refractivity contribution in [1.82, 2.24) is 0 Å². The molecule has 0 spiro atoms. The average molecular weight is 440 g/mol. The van der Waals surface area contributed by atoms with Crippen molar-refractivity contribution in [1.29, 1.82) is 0 Å². The largest absolute Gasteiger partial charge is 0.417 e. The van der Waals surface area contributed by atoms with Gasteiger partial charge >= 0.3 is 12.4 Å². The number of halogens is 7. The second-order valence-electron chi connectivity index (χ2n) is 5.94. The summed E-state index contributed by atoms with van der Waals surface area (Å²) in [4.78, 5) is 3.42. The highest BCUT2D eigenvalue weighted by Crippen LogP contribution is 2.33. The summed E-state index contributed by atoms with van der Waals surface area (Å²) in [5.74, 6) is -2.93. The van der Waals surface area contributed by atoms with E-state index in [0.717, 1.165) is 24.3 Å². The molecule has 0 amide bonds. The third kappa shape index (κ3) is 5.78. The highest BCUT2D eigenvalue weighted by molar-refractivity contribution is 7.85. The zero-order valence-corrected chi connectivity index (χ0v) is 15.9. The quantitative estimate of drug-likeness (QED) is 0.398. The monoisotopic (exact) mass is 440 g/mol. The number of aliphatic imine (C=N–C) groups is 1. The van der Waals surface area contributed by atoms with Crippen LogP contribution in [-0.2, 0) is 17.0 Å². The van der Waals surface area contributed by atoms with E-state index in [0.29, 0.717) is 0 Å². The van der Waals surface area contributed by atoms with Crippen LogP contribution in [0.2, 0.25) is 0 Å². The molecule has 0 radical (unpaired) electrons. The van der Waals surface area contributed by atoms with Gasteiger partial charge in [-0.2, -0.15) is 26.3 Å². The molecule has 2 aromatic rings. The maximum atomic E-state index is 14.3. The molecule has 0 saturated carbocycles. The number of hydrogen-bond donors (Lipinski definition) is 1. The Morgan fingerprint density at radius 3 is 2.28 bits per heavy atom. The molecule has 1 atom stereocenters. The molecule has 0 heterocycles. The number of aryl methyl sites for hydroxylation is 1. The van der Waals surface area contributed by atoms with Crippen molar-refractivity contribution in [2.24, 2.45) is 4.99 Å². The van der Waals surface area contributed by atoms with Crippen LogP contribution in [0.4, 0.5) is 36.4 Å². The smallest absolute Gasteiger partial charge is 0.338 e. The van der Waals surface area contributed by atoms with Gasteiger partial charge in [-0.05, 0) is 30.7 Å². The van der Waals surface area contributed by atoms with Crippen LogP contribution < -0.4 is 5.32 Å². The summed E-state index contributed by atoms with van der Waals surface area (Å²) >= 11 is 0. The van der Waals surface area contributed by atoms with Crippen LogP contribution >= 0.6 is 0 Å². The van der Waals surface area contributed by atoms with E-state index in [4.69, 9.17) is 0 Å². The second-order valence-corrected chi connectivity index (χ2v) is 7.36. The molecule has 29 heavy (non-hydrogen) atoms. The van der Waals surface area contributed by atoms with Crippen molar-refractivity contribution < 1.29 is 34.9 Å². The van der Waals surface area contributed by atoms with E-state index in [1.54, 1.807) is 0 Å². The average Bonchev–Trinajstić information content (AvgIpc) is 2.58. The van der Waals surface area contributed by atoms with Crippen molar-refractivity contribution in [3.63, 3.8) is 0 Å². The Hall–Kier alpha value is -2.43. The lowest BCUT2D eigenvalue weighted by Crippen LogP contribution is -2.21. The lowest BCUT2D eigenvalue weighted by molar-refractivity contribution is -0.137. The summed E-state index contributed by atoms with van der Waals surface area (Å²) in [5, 5.41) is 2.37. The van der Waals surface area contributed by atoms with E-state index in [9.17, 15) is 34.9 Å². The summed E-state index contributed by atoms with van der Waals surface area (Å²) < 4.78 is 104. The lowest BCUT2D eigenvalue weighted by Gasteiger charge is -2.17. The molecule has 0 aliphatic rings. The van der Waals surface area contributed by atoms with E-state index in [2.05, 4.69) is 10.3 Å². The molecular formula is C18H15F7N2OS. The van der Waals surface area contributed by atoms with Gasteiger partial charge in [0.15, 0.2) is 0 Å². The van der Waals surface area contributed by atoms with Gasteiger partial charge in [0.25, 0.3) is 0 Å². The predicted octanol–water partition coefficient (Wildman–Crippen LogP) is 5.31. The third-order valence-electron chi connectivity index (χ3n) is 3.77. The van der Waals surface area contributed by atoms with E-state index in [1.165, 1.54) is 26.1 Å². The van der Waals surface area contributed by atoms with Crippen LogP contribution in [0.15, 0.2) is 46.3 Å². The van der Waals surface area contributed by atoms with Gasteiger partial charge in [-0.3, -0.25) is 9.20 Å². The number of hydrogen-bond acceptors (Lipinski definition) is 2. The fourth-order valence-corrected chi connectivity index (χ4v) is 3.65. The molecule has 1 unspecified atom stereocenters. The molecule has 2 aromatic carbocycles.